The van der Waals surface area contributed by atoms with Crippen LogP contribution in [0.15, 0.2) is 30.3 Å². The number of carbonyl (C=O) groups is 1. The van der Waals surface area contributed by atoms with Crippen LogP contribution in [0.3, 0.4) is 0 Å². The number of nitrogens with zero attached hydrogens (tertiary/aromatic N) is 1. The molecule has 108 valence electrons. The van der Waals surface area contributed by atoms with Crippen LogP contribution in [0.5, 0.6) is 0 Å². The zero-order chi connectivity index (χ0) is 14.7. The number of rotatable bonds is 5. The van der Waals surface area contributed by atoms with Crippen LogP contribution in [0.1, 0.15) is 19.5 Å². The van der Waals surface area contributed by atoms with Gasteiger partial charge >= 0.3 is 0 Å². The molecule has 1 aromatic heterocycles. The van der Waals surface area contributed by atoms with E-state index in [1.165, 1.54) is 0 Å². The second-order valence-electron chi connectivity index (χ2n) is 5.53. The first-order valence-corrected chi connectivity index (χ1v) is 6.98. The Balaban J connectivity index is 2.16. The van der Waals surface area contributed by atoms with Gasteiger partial charge in [0.2, 0.25) is 5.91 Å². The van der Waals surface area contributed by atoms with E-state index in [4.69, 9.17) is 0 Å². The zero-order valence-electron chi connectivity index (χ0n) is 12.3. The summed E-state index contributed by atoms with van der Waals surface area (Å²) in [6.07, 6.45) is 0. The summed E-state index contributed by atoms with van der Waals surface area (Å²) < 4.78 is 2.00. The van der Waals surface area contributed by atoms with Gasteiger partial charge in [-0.15, -0.1) is 0 Å². The van der Waals surface area contributed by atoms with Gasteiger partial charge in [0.1, 0.15) is 6.54 Å². The van der Waals surface area contributed by atoms with E-state index in [1.807, 2.05) is 49.6 Å². The van der Waals surface area contributed by atoms with Crippen LogP contribution in [0, 0.1) is 12.8 Å². The van der Waals surface area contributed by atoms with Gasteiger partial charge in [0.15, 0.2) is 0 Å². The molecule has 2 aromatic rings. The van der Waals surface area contributed by atoms with Crippen molar-refractivity contribution in [2.75, 3.05) is 6.61 Å². The van der Waals surface area contributed by atoms with E-state index in [9.17, 15) is 9.90 Å². The molecule has 1 atom stereocenters. The fourth-order valence-electron chi connectivity index (χ4n) is 2.38. The minimum atomic E-state index is -0.190. The Labute approximate surface area is 119 Å². The third-order valence-electron chi connectivity index (χ3n) is 3.67. The molecule has 0 aliphatic heterocycles. The lowest BCUT2D eigenvalue weighted by Crippen LogP contribution is -2.42. The normalized spacial score (nSPS) is 12.8. The third-order valence-corrected chi connectivity index (χ3v) is 3.67. The Bertz CT molecular complexity index is 602. The van der Waals surface area contributed by atoms with Crippen molar-refractivity contribution in [1.82, 2.24) is 9.88 Å². The monoisotopic (exact) mass is 274 g/mol. The van der Waals surface area contributed by atoms with Crippen LogP contribution >= 0.6 is 0 Å². The van der Waals surface area contributed by atoms with Crippen LogP contribution in [0.4, 0.5) is 0 Å². The summed E-state index contributed by atoms with van der Waals surface area (Å²) in [4.78, 5) is 12.1. The van der Waals surface area contributed by atoms with E-state index in [0.29, 0.717) is 0 Å². The van der Waals surface area contributed by atoms with Gasteiger partial charge in [-0.05, 0) is 30.4 Å². The molecule has 2 rings (SSSR count). The summed E-state index contributed by atoms with van der Waals surface area (Å²) in [5, 5.41) is 13.3. The van der Waals surface area contributed by atoms with Crippen molar-refractivity contribution in [2.45, 2.75) is 33.4 Å². The number of fused-ring (bicyclic) bond motifs is 1. The molecule has 4 nitrogen and oxygen atoms in total. The lowest BCUT2D eigenvalue weighted by molar-refractivity contribution is -0.123. The number of aromatic nitrogens is 1. The van der Waals surface area contributed by atoms with Crippen LogP contribution in [-0.4, -0.2) is 28.2 Å². The fraction of sp³-hybridized carbons (Fsp3) is 0.438. The van der Waals surface area contributed by atoms with E-state index in [1.54, 1.807) is 0 Å². The molecular formula is C16H22N2O2. The van der Waals surface area contributed by atoms with Gasteiger partial charge in [-0.2, -0.15) is 0 Å². The highest BCUT2D eigenvalue weighted by atomic mass is 16.3. The van der Waals surface area contributed by atoms with E-state index in [-0.39, 0.29) is 31.0 Å². The number of nitrogens with one attached hydrogen (secondary N) is 1. The van der Waals surface area contributed by atoms with Crippen molar-refractivity contribution < 1.29 is 9.90 Å². The van der Waals surface area contributed by atoms with E-state index in [0.717, 1.165) is 16.6 Å². The lowest BCUT2D eigenvalue weighted by Gasteiger charge is -2.20. The van der Waals surface area contributed by atoms with E-state index < -0.39 is 0 Å². The molecule has 1 heterocycles. The Morgan fingerprint density at radius 3 is 2.70 bits per heavy atom. The molecule has 0 aliphatic carbocycles. The minimum Gasteiger partial charge on any atom is -0.394 e. The SMILES string of the molecule is Cc1cc2ccccc2n1CC(=O)N[C@H](CO)C(C)C. The Hall–Kier alpha value is -1.81. The highest BCUT2D eigenvalue weighted by molar-refractivity contribution is 5.84. The summed E-state index contributed by atoms with van der Waals surface area (Å²) >= 11 is 0. The van der Waals surface area contributed by atoms with Gasteiger partial charge in [0.25, 0.3) is 0 Å². The fourth-order valence-corrected chi connectivity index (χ4v) is 2.38. The van der Waals surface area contributed by atoms with Crippen LogP contribution in [0.2, 0.25) is 0 Å². The highest BCUT2D eigenvalue weighted by Crippen LogP contribution is 2.18. The molecule has 0 unspecified atom stereocenters. The first kappa shape index (κ1) is 14.6. The lowest BCUT2D eigenvalue weighted by atomic mass is 10.1. The maximum Gasteiger partial charge on any atom is 0.240 e. The number of hydrogen-bond acceptors (Lipinski definition) is 2. The summed E-state index contributed by atoms with van der Waals surface area (Å²) in [6.45, 7) is 6.21. The molecule has 0 aliphatic rings. The van der Waals surface area contributed by atoms with Crippen LogP contribution in [0.25, 0.3) is 10.9 Å². The standard InChI is InChI=1S/C16H22N2O2/c1-11(2)14(10-19)17-16(20)9-18-12(3)8-13-6-4-5-7-15(13)18/h4-8,11,14,19H,9-10H2,1-3H3,(H,17,20)/t14-/m1/s1. The average Bonchev–Trinajstić information content (AvgIpc) is 2.72. The molecule has 1 amide bonds. The molecular weight excluding hydrogens is 252 g/mol. The summed E-state index contributed by atoms with van der Waals surface area (Å²) in [6, 6.07) is 9.91. The molecule has 0 spiro atoms. The number of para-hydroxylation sites is 1. The van der Waals surface area contributed by atoms with Crippen molar-refractivity contribution in [2.24, 2.45) is 5.92 Å². The smallest absolute Gasteiger partial charge is 0.240 e. The maximum absolute atomic E-state index is 12.1. The predicted octanol–water partition coefficient (Wildman–Crippen LogP) is 2.08. The molecule has 0 fully saturated rings. The largest absolute Gasteiger partial charge is 0.394 e. The molecule has 1 aromatic carbocycles. The maximum atomic E-state index is 12.1. The van der Waals surface area contributed by atoms with Gasteiger partial charge in [-0.25, -0.2) is 0 Å². The van der Waals surface area contributed by atoms with Gasteiger partial charge in [-0.1, -0.05) is 32.0 Å². The van der Waals surface area contributed by atoms with Crippen molar-refractivity contribution in [3.05, 3.63) is 36.0 Å². The highest BCUT2D eigenvalue weighted by Gasteiger charge is 2.16. The molecule has 0 bridgehead atoms. The van der Waals surface area contributed by atoms with Gasteiger partial charge in [0, 0.05) is 11.2 Å². The third kappa shape index (κ3) is 3.02. The molecule has 0 saturated heterocycles. The average molecular weight is 274 g/mol. The number of hydrogen-bond donors (Lipinski definition) is 2. The molecule has 2 N–H and O–H groups in total. The number of aryl methyl sites for hydroxylation is 1. The Morgan fingerprint density at radius 1 is 1.35 bits per heavy atom. The second-order valence-corrected chi connectivity index (χ2v) is 5.53. The first-order valence-electron chi connectivity index (χ1n) is 6.98. The van der Waals surface area contributed by atoms with Gasteiger partial charge < -0.3 is 15.0 Å². The Morgan fingerprint density at radius 2 is 2.05 bits per heavy atom. The number of carbonyl (C=O) groups excluding carboxylic acids is 1. The number of aliphatic hydroxyl groups is 1. The second kappa shape index (κ2) is 6.09. The van der Waals surface area contributed by atoms with Crippen LogP contribution in [-0.2, 0) is 11.3 Å². The van der Waals surface area contributed by atoms with Crippen LogP contribution < -0.4 is 5.32 Å². The number of amides is 1. The van der Waals surface area contributed by atoms with E-state index in [2.05, 4.69) is 11.4 Å². The number of benzene rings is 1. The van der Waals surface area contributed by atoms with Gasteiger partial charge in [0.05, 0.1) is 12.6 Å². The van der Waals surface area contributed by atoms with E-state index >= 15 is 0 Å². The van der Waals surface area contributed by atoms with Crippen molar-refractivity contribution in [3.63, 3.8) is 0 Å². The van der Waals surface area contributed by atoms with Crippen molar-refractivity contribution in [3.8, 4) is 0 Å². The molecule has 0 saturated carbocycles. The quantitative estimate of drug-likeness (QED) is 0.877. The van der Waals surface area contributed by atoms with Crippen molar-refractivity contribution >= 4 is 16.8 Å². The summed E-state index contributed by atoms with van der Waals surface area (Å²) in [5.74, 6) is 0.147. The Kier molecular flexibility index (Phi) is 4.45. The summed E-state index contributed by atoms with van der Waals surface area (Å²) in [5.41, 5.74) is 2.12. The zero-order valence-corrected chi connectivity index (χ0v) is 12.3. The molecule has 0 radical (unpaired) electrons. The first-order chi connectivity index (χ1) is 9.52. The van der Waals surface area contributed by atoms with Crippen molar-refractivity contribution in [1.29, 1.82) is 0 Å². The minimum absolute atomic E-state index is 0.0329. The topological polar surface area (TPSA) is 54.3 Å². The summed E-state index contributed by atoms with van der Waals surface area (Å²) in [7, 11) is 0. The van der Waals surface area contributed by atoms with Gasteiger partial charge in [-0.3, -0.25) is 4.79 Å². The number of aliphatic hydroxyl groups excluding tert-OH is 1. The molecule has 4 heteroatoms. The predicted molar refractivity (Wildman–Crippen MR) is 80.5 cm³/mol. The molecule has 20 heavy (non-hydrogen) atoms.